The Labute approximate surface area is 118 Å². The van der Waals surface area contributed by atoms with Crippen molar-refractivity contribution in [1.82, 2.24) is 4.98 Å². The minimum atomic E-state index is -0.336. The van der Waals surface area contributed by atoms with Crippen LogP contribution in [0.15, 0.2) is 34.8 Å². The van der Waals surface area contributed by atoms with Crippen LogP contribution in [0.25, 0.3) is 0 Å². The molecule has 104 valence electrons. The molecular weight excluding hydrogens is 281 g/mol. The summed E-state index contributed by atoms with van der Waals surface area (Å²) in [6.45, 7) is 1.61. The molecule has 1 aromatic carbocycles. The topological polar surface area (TPSA) is 74.6 Å². The maximum Gasteiger partial charge on any atom is 0.230 e. The molecule has 1 amide bonds. The van der Waals surface area contributed by atoms with Gasteiger partial charge in [0.1, 0.15) is 17.2 Å². The Kier molecular flexibility index (Phi) is 4.41. The molecule has 2 rings (SSSR count). The fourth-order valence-corrected chi connectivity index (χ4v) is 2.27. The molecule has 0 saturated heterocycles. The maximum absolute atomic E-state index is 12.7. The summed E-state index contributed by atoms with van der Waals surface area (Å²) < 4.78 is 12.7. The van der Waals surface area contributed by atoms with Crippen LogP contribution in [0.3, 0.4) is 0 Å². The monoisotopic (exact) mass is 293 g/mol. The van der Waals surface area contributed by atoms with Crippen LogP contribution in [0.2, 0.25) is 0 Å². The van der Waals surface area contributed by atoms with Crippen molar-refractivity contribution in [2.24, 2.45) is 5.16 Å². The van der Waals surface area contributed by atoms with Gasteiger partial charge in [0, 0.05) is 5.38 Å². The van der Waals surface area contributed by atoms with Crippen LogP contribution in [0.1, 0.15) is 18.2 Å². The zero-order valence-corrected chi connectivity index (χ0v) is 11.4. The smallest absolute Gasteiger partial charge is 0.230 e. The van der Waals surface area contributed by atoms with Gasteiger partial charge in [-0.25, -0.2) is 9.37 Å². The van der Waals surface area contributed by atoms with E-state index in [-0.39, 0.29) is 18.1 Å². The van der Waals surface area contributed by atoms with E-state index in [4.69, 9.17) is 5.21 Å². The molecule has 2 aromatic rings. The van der Waals surface area contributed by atoms with Gasteiger partial charge in [0.05, 0.1) is 6.42 Å². The van der Waals surface area contributed by atoms with Crippen LogP contribution < -0.4 is 5.32 Å². The molecule has 0 aliphatic carbocycles. The zero-order valence-electron chi connectivity index (χ0n) is 10.6. The Bertz CT molecular complexity index is 637. The van der Waals surface area contributed by atoms with Crippen LogP contribution in [0.5, 0.6) is 0 Å². The predicted molar refractivity (Wildman–Crippen MR) is 74.8 cm³/mol. The highest BCUT2D eigenvalue weighted by Crippen LogP contribution is 2.16. The van der Waals surface area contributed by atoms with Gasteiger partial charge in [-0.3, -0.25) is 4.79 Å². The van der Waals surface area contributed by atoms with E-state index in [9.17, 15) is 9.18 Å². The third-order valence-corrected chi connectivity index (χ3v) is 3.31. The first-order valence-electron chi connectivity index (χ1n) is 5.77. The number of oxime groups is 1. The molecule has 0 aliphatic heterocycles. The molecule has 0 fully saturated rings. The van der Waals surface area contributed by atoms with Crippen molar-refractivity contribution in [2.45, 2.75) is 13.3 Å². The number of aromatic nitrogens is 1. The summed E-state index contributed by atoms with van der Waals surface area (Å²) in [6, 6.07) is 5.74. The van der Waals surface area contributed by atoms with Crippen molar-refractivity contribution in [3.05, 3.63) is 46.7 Å². The van der Waals surface area contributed by atoms with Crippen molar-refractivity contribution >= 4 is 28.1 Å². The average Bonchev–Trinajstić information content (AvgIpc) is 2.89. The number of thiazole rings is 1. The van der Waals surface area contributed by atoms with Crippen LogP contribution in [0.4, 0.5) is 9.52 Å². The number of halogens is 1. The molecule has 0 spiro atoms. The molecule has 1 aromatic heterocycles. The molecule has 1 heterocycles. The summed E-state index contributed by atoms with van der Waals surface area (Å²) in [5.74, 6) is -0.575. The molecule has 20 heavy (non-hydrogen) atoms. The van der Waals surface area contributed by atoms with E-state index >= 15 is 0 Å². The van der Waals surface area contributed by atoms with Crippen molar-refractivity contribution < 1.29 is 14.4 Å². The number of nitrogens with one attached hydrogen (secondary N) is 1. The lowest BCUT2D eigenvalue weighted by molar-refractivity contribution is -0.115. The van der Waals surface area contributed by atoms with Gasteiger partial charge in [0.25, 0.3) is 0 Å². The van der Waals surface area contributed by atoms with Gasteiger partial charge in [0.2, 0.25) is 5.91 Å². The number of anilines is 1. The number of hydrogen-bond acceptors (Lipinski definition) is 5. The standard InChI is InChI=1S/C13H12FN3O2S/c1-8(17-19)11-7-20-13(15-11)16-12(18)6-9-2-4-10(14)5-3-9/h2-5,7,19H,6H2,1H3,(H,15,16,18). The lowest BCUT2D eigenvalue weighted by atomic mass is 10.1. The van der Waals surface area contributed by atoms with E-state index in [0.717, 1.165) is 0 Å². The Morgan fingerprint density at radius 2 is 2.15 bits per heavy atom. The van der Waals surface area contributed by atoms with Crippen molar-refractivity contribution in [3.63, 3.8) is 0 Å². The van der Waals surface area contributed by atoms with E-state index in [2.05, 4.69) is 15.5 Å². The third kappa shape index (κ3) is 3.61. The summed E-state index contributed by atoms with van der Waals surface area (Å²) in [7, 11) is 0. The van der Waals surface area contributed by atoms with Gasteiger partial charge in [0.15, 0.2) is 5.13 Å². The Balaban J connectivity index is 1.98. The minimum Gasteiger partial charge on any atom is -0.411 e. The SMILES string of the molecule is CC(=NO)c1csc(NC(=O)Cc2ccc(F)cc2)n1. The summed E-state index contributed by atoms with van der Waals surface area (Å²) in [5, 5.41) is 16.4. The fraction of sp³-hybridized carbons (Fsp3) is 0.154. The van der Waals surface area contributed by atoms with Crippen LogP contribution >= 0.6 is 11.3 Å². The number of nitrogens with zero attached hydrogens (tertiary/aromatic N) is 2. The first-order chi connectivity index (χ1) is 9.58. The van der Waals surface area contributed by atoms with Crippen LogP contribution in [-0.2, 0) is 11.2 Å². The predicted octanol–water partition coefficient (Wildman–Crippen LogP) is 2.66. The van der Waals surface area contributed by atoms with Crippen molar-refractivity contribution in [3.8, 4) is 0 Å². The van der Waals surface area contributed by atoms with E-state index in [0.29, 0.717) is 22.1 Å². The first kappa shape index (κ1) is 14.1. The molecule has 0 aliphatic rings. The number of benzene rings is 1. The fourth-order valence-electron chi connectivity index (χ4n) is 1.50. The molecule has 0 radical (unpaired) electrons. The minimum absolute atomic E-state index is 0.141. The number of rotatable bonds is 4. The largest absolute Gasteiger partial charge is 0.411 e. The summed E-state index contributed by atoms with van der Waals surface area (Å²) in [5.41, 5.74) is 1.60. The highest BCUT2D eigenvalue weighted by Gasteiger charge is 2.09. The molecular formula is C13H12FN3O2S. The van der Waals surface area contributed by atoms with Gasteiger partial charge in [-0.1, -0.05) is 17.3 Å². The van der Waals surface area contributed by atoms with Crippen LogP contribution in [0, 0.1) is 5.82 Å². The second-order valence-electron chi connectivity index (χ2n) is 4.07. The lowest BCUT2D eigenvalue weighted by Gasteiger charge is -2.01. The maximum atomic E-state index is 12.7. The van der Waals surface area contributed by atoms with Crippen molar-refractivity contribution in [1.29, 1.82) is 0 Å². The second kappa shape index (κ2) is 6.25. The van der Waals surface area contributed by atoms with Crippen LogP contribution in [-0.4, -0.2) is 21.8 Å². The van der Waals surface area contributed by atoms with E-state index in [1.807, 2.05) is 0 Å². The Morgan fingerprint density at radius 1 is 1.45 bits per heavy atom. The molecule has 0 bridgehead atoms. The molecule has 0 unspecified atom stereocenters. The van der Waals surface area contributed by atoms with Gasteiger partial charge in [-0.05, 0) is 24.6 Å². The van der Waals surface area contributed by atoms with Gasteiger partial charge >= 0.3 is 0 Å². The third-order valence-electron chi connectivity index (χ3n) is 2.55. The number of carbonyl (C=O) groups excluding carboxylic acids is 1. The first-order valence-corrected chi connectivity index (χ1v) is 6.65. The molecule has 7 heteroatoms. The summed E-state index contributed by atoms with van der Waals surface area (Å²) in [4.78, 5) is 15.9. The van der Waals surface area contributed by atoms with Crippen molar-refractivity contribution in [2.75, 3.05) is 5.32 Å². The summed E-state index contributed by atoms with van der Waals surface area (Å²) >= 11 is 1.24. The van der Waals surface area contributed by atoms with E-state index < -0.39 is 0 Å². The van der Waals surface area contributed by atoms with E-state index in [1.165, 1.54) is 23.5 Å². The number of carbonyl (C=O) groups is 1. The highest BCUT2D eigenvalue weighted by atomic mass is 32.1. The highest BCUT2D eigenvalue weighted by molar-refractivity contribution is 7.14. The van der Waals surface area contributed by atoms with E-state index in [1.54, 1.807) is 24.4 Å². The average molecular weight is 293 g/mol. The molecule has 2 N–H and O–H groups in total. The van der Waals surface area contributed by atoms with Gasteiger partial charge in [-0.2, -0.15) is 0 Å². The second-order valence-corrected chi connectivity index (χ2v) is 4.93. The Hall–Kier alpha value is -2.28. The quantitative estimate of drug-likeness (QED) is 0.517. The lowest BCUT2D eigenvalue weighted by Crippen LogP contribution is -2.14. The Morgan fingerprint density at radius 3 is 2.80 bits per heavy atom. The zero-order chi connectivity index (χ0) is 14.5. The van der Waals surface area contributed by atoms with Gasteiger partial charge in [-0.15, -0.1) is 11.3 Å². The summed E-state index contributed by atoms with van der Waals surface area (Å²) in [6.07, 6.45) is 0.141. The number of amides is 1. The molecule has 0 atom stereocenters. The molecule has 0 saturated carbocycles. The van der Waals surface area contributed by atoms with Gasteiger partial charge < -0.3 is 10.5 Å². The number of hydrogen-bond donors (Lipinski definition) is 2. The molecule has 5 nitrogen and oxygen atoms in total. The normalized spacial score (nSPS) is 11.4.